The van der Waals surface area contributed by atoms with Crippen LogP contribution >= 0.6 is 11.3 Å². The molecule has 17 heavy (non-hydrogen) atoms. The van der Waals surface area contributed by atoms with E-state index in [1.807, 2.05) is 0 Å². The predicted octanol–water partition coefficient (Wildman–Crippen LogP) is 4.47. The summed E-state index contributed by atoms with van der Waals surface area (Å²) in [5.74, 6) is 0. The molecule has 2 rings (SSSR count). The Morgan fingerprint density at radius 1 is 1.29 bits per heavy atom. The van der Waals surface area contributed by atoms with Gasteiger partial charge in [-0.15, -0.1) is 11.3 Å². The van der Waals surface area contributed by atoms with Crippen molar-refractivity contribution in [3.8, 4) is 0 Å². The molecule has 0 amide bonds. The lowest BCUT2D eigenvalue weighted by atomic mass is 10.1. The van der Waals surface area contributed by atoms with E-state index in [1.54, 1.807) is 15.3 Å². The Balaban J connectivity index is 1.88. The number of hydrogen-bond donors (Lipinski definition) is 1. The van der Waals surface area contributed by atoms with Gasteiger partial charge >= 0.3 is 0 Å². The molecule has 0 saturated heterocycles. The van der Waals surface area contributed by atoms with Crippen LogP contribution in [0.2, 0.25) is 0 Å². The molecular weight excluding hydrogens is 226 g/mol. The van der Waals surface area contributed by atoms with E-state index in [-0.39, 0.29) is 0 Å². The van der Waals surface area contributed by atoms with Gasteiger partial charge in [-0.1, -0.05) is 32.6 Å². The van der Waals surface area contributed by atoms with Crippen molar-refractivity contribution >= 4 is 11.3 Å². The summed E-state index contributed by atoms with van der Waals surface area (Å²) in [5, 5.41) is 3.49. The van der Waals surface area contributed by atoms with Gasteiger partial charge in [0.1, 0.15) is 0 Å². The number of hydrogen-bond acceptors (Lipinski definition) is 2. The van der Waals surface area contributed by atoms with Crippen LogP contribution in [0, 0.1) is 0 Å². The van der Waals surface area contributed by atoms with Crippen molar-refractivity contribution in [3.05, 3.63) is 21.4 Å². The summed E-state index contributed by atoms with van der Waals surface area (Å²) >= 11 is 2.06. The van der Waals surface area contributed by atoms with Gasteiger partial charge in [0, 0.05) is 15.8 Å². The van der Waals surface area contributed by atoms with Gasteiger partial charge in [0.2, 0.25) is 0 Å². The highest BCUT2D eigenvalue weighted by Crippen LogP contribution is 2.35. The Morgan fingerprint density at radius 2 is 2.18 bits per heavy atom. The molecule has 96 valence electrons. The van der Waals surface area contributed by atoms with Crippen molar-refractivity contribution in [2.24, 2.45) is 0 Å². The van der Waals surface area contributed by atoms with E-state index in [0.717, 1.165) is 0 Å². The first-order valence-electron chi connectivity index (χ1n) is 7.14. The fraction of sp³-hybridized carbons (Fsp3) is 0.733. The maximum Gasteiger partial charge on any atom is 0.0412 e. The number of aryl methyl sites for hydroxylation is 2. The smallest absolute Gasteiger partial charge is 0.0412 e. The first-order valence-corrected chi connectivity index (χ1v) is 7.95. The number of rotatable bonds is 7. The first-order chi connectivity index (χ1) is 8.35. The van der Waals surface area contributed by atoms with E-state index in [9.17, 15) is 0 Å². The second-order valence-corrected chi connectivity index (χ2v) is 6.31. The van der Waals surface area contributed by atoms with Crippen LogP contribution in [0.4, 0.5) is 0 Å². The fourth-order valence-corrected chi connectivity index (χ4v) is 4.13. The Morgan fingerprint density at radius 3 is 2.88 bits per heavy atom. The third kappa shape index (κ3) is 3.32. The summed E-state index contributed by atoms with van der Waals surface area (Å²) in [6.45, 7) is 2.28. The molecule has 0 spiro atoms. The minimum Gasteiger partial charge on any atom is -0.312 e. The molecule has 1 heterocycles. The van der Waals surface area contributed by atoms with E-state index < -0.39 is 0 Å². The van der Waals surface area contributed by atoms with E-state index in [4.69, 9.17) is 0 Å². The van der Waals surface area contributed by atoms with Gasteiger partial charge in [-0.2, -0.15) is 0 Å². The highest BCUT2D eigenvalue weighted by Gasteiger charge is 2.18. The molecule has 1 aliphatic rings. The lowest BCUT2D eigenvalue weighted by molar-refractivity contribution is 0.511. The van der Waals surface area contributed by atoms with Crippen LogP contribution in [0.1, 0.15) is 66.8 Å². The molecule has 0 saturated carbocycles. The third-order valence-electron chi connectivity index (χ3n) is 3.80. The van der Waals surface area contributed by atoms with Crippen LogP contribution in [0.25, 0.3) is 0 Å². The largest absolute Gasteiger partial charge is 0.312 e. The molecule has 0 bridgehead atoms. The maximum atomic E-state index is 3.49. The summed E-state index contributed by atoms with van der Waals surface area (Å²) in [7, 11) is 2.11. The molecule has 0 aromatic carbocycles. The molecule has 2 heteroatoms. The van der Waals surface area contributed by atoms with Crippen LogP contribution < -0.4 is 5.32 Å². The highest BCUT2D eigenvalue weighted by atomic mass is 32.1. The van der Waals surface area contributed by atoms with Crippen molar-refractivity contribution in [2.75, 3.05) is 7.05 Å². The second kappa shape index (κ2) is 6.55. The van der Waals surface area contributed by atoms with E-state index in [1.165, 1.54) is 51.4 Å². The van der Waals surface area contributed by atoms with Gasteiger partial charge in [0.25, 0.3) is 0 Å². The minimum absolute atomic E-state index is 0.599. The zero-order valence-electron chi connectivity index (χ0n) is 11.2. The molecule has 1 unspecified atom stereocenters. The topological polar surface area (TPSA) is 12.0 Å². The monoisotopic (exact) mass is 251 g/mol. The van der Waals surface area contributed by atoms with Gasteiger partial charge in [-0.05, 0) is 44.4 Å². The molecule has 1 aromatic heterocycles. The van der Waals surface area contributed by atoms with Crippen molar-refractivity contribution in [1.29, 1.82) is 0 Å². The van der Waals surface area contributed by atoms with Crippen LogP contribution in [-0.2, 0) is 12.8 Å². The molecule has 1 atom stereocenters. The van der Waals surface area contributed by atoms with Crippen molar-refractivity contribution in [1.82, 2.24) is 5.32 Å². The van der Waals surface area contributed by atoms with Gasteiger partial charge < -0.3 is 5.32 Å². The average molecular weight is 251 g/mol. The Bertz CT molecular complexity index is 321. The maximum absolute atomic E-state index is 3.49. The molecule has 0 aliphatic heterocycles. The van der Waals surface area contributed by atoms with Crippen LogP contribution in [-0.4, -0.2) is 7.05 Å². The predicted molar refractivity (Wildman–Crippen MR) is 76.9 cm³/mol. The number of fused-ring (bicyclic) bond motifs is 1. The van der Waals surface area contributed by atoms with Gasteiger partial charge in [-0.3, -0.25) is 0 Å². The molecular formula is C15H25NS. The number of nitrogens with one attached hydrogen (secondary N) is 1. The molecule has 0 radical (unpaired) electrons. The Hall–Kier alpha value is -0.340. The molecule has 1 nitrogen and oxygen atoms in total. The van der Waals surface area contributed by atoms with Gasteiger partial charge in [0.05, 0.1) is 0 Å². The Labute approximate surface area is 110 Å². The van der Waals surface area contributed by atoms with Gasteiger partial charge in [0.15, 0.2) is 0 Å². The summed E-state index contributed by atoms with van der Waals surface area (Å²) in [6, 6.07) is 3.07. The van der Waals surface area contributed by atoms with Crippen molar-refractivity contribution in [3.63, 3.8) is 0 Å². The van der Waals surface area contributed by atoms with Crippen LogP contribution in [0.15, 0.2) is 6.07 Å². The van der Waals surface area contributed by atoms with Crippen molar-refractivity contribution in [2.45, 2.75) is 64.3 Å². The third-order valence-corrected chi connectivity index (χ3v) is 5.15. The highest BCUT2D eigenvalue weighted by molar-refractivity contribution is 7.12. The molecule has 1 aliphatic carbocycles. The average Bonchev–Trinajstić information content (AvgIpc) is 2.89. The van der Waals surface area contributed by atoms with Crippen molar-refractivity contribution < 1.29 is 0 Å². The van der Waals surface area contributed by atoms with E-state index in [2.05, 4.69) is 36.7 Å². The first kappa shape index (κ1) is 13.1. The van der Waals surface area contributed by atoms with Crippen LogP contribution in [0.5, 0.6) is 0 Å². The lowest BCUT2D eigenvalue weighted by Crippen LogP contribution is -2.15. The SMILES string of the molecule is CCCCCCC(NC)c1cc2c(s1)CCC2. The molecule has 1 aromatic rings. The summed E-state index contributed by atoms with van der Waals surface area (Å²) in [5.41, 5.74) is 1.64. The zero-order valence-corrected chi connectivity index (χ0v) is 12.0. The quantitative estimate of drug-likeness (QED) is 0.705. The van der Waals surface area contributed by atoms with Gasteiger partial charge in [-0.25, -0.2) is 0 Å². The molecule has 0 fully saturated rings. The van der Waals surface area contributed by atoms with Crippen LogP contribution in [0.3, 0.4) is 0 Å². The zero-order chi connectivity index (χ0) is 12.1. The fourth-order valence-electron chi connectivity index (χ4n) is 2.73. The number of thiophene rings is 1. The normalized spacial score (nSPS) is 16.1. The molecule has 1 N–H and O–H groups in total. The minimum atomic E-state index is 0.599. The number of unbranched alkanes of at least 4 members (excludes halogenated alkanes) is 3. The van der Waals surface area contributed by atoms with E-state index >= 15 is 0 Å². The summed E-state index contributed by atoms with van der Waals surface area (Å²) < 4.78 is 0. The lowest BCUT2D eigenvalue weighted by Gasteiger charge is -2.14. The summed E-state index contributed by atoms with van der Waals surface area (Å²) in [4.78, 5) is 3.24. The second-order valence-electron chi connectivity index (χ2n) is 5.14. The standard InChI is InChI=1S/C15H25NS/c1-3-4-5-6-9-13(16-2)15-11-12-8-7-10-14(12)17-15/h11,13,16H,3-10H2,1-2H3. The Kier molecular flexibility index (Phi) is 5.05. The van der Waals surface area contributed by atoms with E-state index in [0.29, 0.717) is 6.04 Å². The summed E-state index contributed by atoms with van der Waals surface area (Å²) in [6.07, 6.45) is 10.8.